The number of amides is 2. The van der Waals surface area contributed by atoms with Gasteiger partial charge in [0.25, 0.3) is 10.0 Å². The van der Waals surface area contributed by atoms with E-state index in [1.807, 2.05) is 0 Å². The number of halogens is 4. The number of anilines is 1. The molecule has 1 aromatic carbocycles. The van der Waals surface area contributed by atoms with Crippen molar-refractivity contribution in [3.8, 4) is 11.3 Å². The molecule has 15 heteroatoms. The molecule has 0 radical (unpaired) electrons. The summed E-state index contributed by atoms with van der Waals surface area (Å²) in [4.78, 5) is 20.6. The maximum atomic E-state index is 15.0. The highest BCUT2D eigenvalue weighted by Crippen LogP contribution is 2.35. The Kier molecular flexibility index (Phi) is 8.17. The summed E-state index contributed by atoms with van der Waals surface area (Å²) in [6, 6.07) is 3.50. The molecule has 0 aliphatic carbocycles. The van der Waals surface area contributed by atoms with Gasteiger partial charge in [-0.15, -0.1) is 11.3 Å². The van der Waals surface area contributed by atoms with Crippen LogP contribution in [0.4, 0.5) is 28.0 Å². The maximum Gasteiger partial charge on any atom is 0.416 e. The third-order valence-electron chi connectivity index (χ3n) is 5.07. The van der Waals surface area contributed by atoms with Gasteiger partial charge < -0.3 is 15.5 Å². The zero-order valence-corrected chi connectivity index (χ0v) is 22.1. The van der Waals surface area contributed by atoms with E-state index in [2.05, 4.69) is 15.3 Å². The predicted octanol–water partition coefficient (Wildman–Crippen LogP) is 4.72. The molecule has 0 unspecified atom stereocenters. The van der Waals surface area contributed by atoms with Crippen molar-refractivity contribution in [3.63, 3.8) is 0 Å². The summed E-state index contributed by atoms with van der Waals surface area (Å²) >= 11 is 0.555. The van der Waals surface area contributed by atoms with Gasteiger partial charge in [-0.1, -0.05) is 26.0 Å². The van der Waals surface area contributed by atoms with Crippen LogP contribution in [0, 0.1) is 5.82 Å². The topological polar surface area (TPSA) is 142 Å². The molecule has 0 spiro atoms. The molecule has 0 aliphatic heterocycles. The zero-order valence-electron chi connectivity index (χ0n) is 20.5. The second-order valence-electron chi connectivity index (χ2n) is 9.01. The number of benzene rings is 1. The number of thiazole rings is 1. The third-order valence-corrected chi connectivity index (χ3v) is 8.36. The van der Waals surface area contributed by atoms with Gasteiger partial charge >= 0.3 is 12.2 Å². The van der Waals surface area contributed by atoms with E-state index in [4.69, 9.17) is 0 Å². The number of aliphatic hydroxyl groups excluding tert-OH is 1. The standard InChI is InChI=1S/C23H24F4N4O5S2/c1-11(2)17-15(9-14(24)18(30-17)12-6-5-7-13(8-12)23(25,26)27)29-21(33)31-38(35,36)19-16(10-32)28-20(37-19)22(3,4)34/h5-9,11,32,34H,10H2,1-4H3,(H2,29,31,33). The Balaban J connectivity index is 1.93. The maximum absolute atomic E-state index is 15.0. The lowest BCUT2D eigenvalue weighted by molar-refractivity contribution is -0.137. The number of nitrogens with zero attached hydrogens (tertiary/aromatic N) is 2. The Morgan fingerprint density at radius 1 is 1.16 bits per heavy atom. The van der Waals surface area contributed by atoms with Gasteiger partial charge in [-0.25, -0.2) is 32.3 Å². The van der Waals surface area contributed by atoms with Crippen molar-refractivity contribution in [3.05, 3.63) is 58.1 Å². The van der Waals surface area contributed by atoms with Gasteiger partial charge in [-0.05, 0) is 31.9 Å². The largest absolute Gasteiger partial charge is 0.416 e. The molecule has 0 atom stereocenters. The number of aromatic nitrogens is 2. The Morgan fingerprint density at radius 2 is 1.82 bits per heavy atom. The van der Waals surface area contributed by atoms with Crippen molar-refractivity contribution in [1.82, 2.24) is 14.7 Å². The van der Waals surface area contributed by atoms with Gasteiger partial charge in [0.2, 0.25) is 0 Å². The number of hydrogen-bond donors (Lipinski definition) is 4. The molecule has 0 aliphatic rings. The van der Waals surface area contributed by atoms with E-state index in [1.54, 1.807) is 18.6 Å². The van der Waals surface area contributed by atoms with E-state index in [1.165, 1.54) is 19.9 Å². The van der Waals surface area contributed by atoms with Crippen LogP contribution in [-0.4, -0.2) is 34.6 Å². The summed E-state index contributed by atoms with van der Waals surface area (Å²) in [6.07, 6.45) is -4.65. The van der Waals surface area contributed by atoms with Crippen molar-refractivity contribution in [2.45, 2.75) is 56.2 Å². The fraction of sp³-hybridized carbons (Fsp3) is 0.348. The normalized spacial score (nSPS) is 12.6. The first kappa shape index (κ1) is 29.4. The lowest BCUT2D eigenvalue weighted by atomic mass is 10.0. The number of hydrogen-bond acceptors (Lipinski definition) is 8. The van der Waals surface area contributed by atoms with Gasteiger partial charge in [0.15, 0.2) is 10.0 Å². The first-order valence-electron chi connectivity index (χ1n) is 11.0. The van der Waals surface area contributed by atoms with Crippen molar-refractivity contribution < 1.29 is 41.0 Å². The zero-order chi connectivity index (χ0) is 28.6. The fourth-order valence-electron chi connectivity index (χ4n) is 3.31. The number of sulfonamides is 1. The number of carbonyl (C=O) groups is 1. The van der Waals surface area contributed by atoms with E-state index in [-0.39, 0.29) is 33.3 Å². The SMILES string of the molecule is CC(C)c1nc(-c2cccc(C(F)(F)F)c2)c(F)cc1NC(=O)NS(=O)(=O)c1sc(C(C)(C)O)nc1CO. The molecule has 38 heavy (non-hydrogen) atoms. The Bertz CT molecular complexity index is 1470. The molecule has 206 valence electrons. The van der Waals surface area contributed by atoms with Crippen LogP contribution in [0.15, 0.2) is 34.5 Å². The molecule has 3 aromatic rings. The molecular formula is C23H24F4N4O5S2. The molecular weight excluding hydrogens is 552 g/mol. The van der Waals surface area contributed by atoms with Crippen molar-refractivity contribution in [2.75, 3.05) is 5.32 Å². The van der Waals surface area contributed by atoms with Crippen LogP contribution in [0.2, 0.25) is 0 Å². The molecule has 9 nitrogen and oxygen atoms in total. The molecule has 0 bridgehead atoms. The minimum Gasteiger partial charge on any atom is -0.390 e. The summed E-state index contributed by atoms with van der Waals surface area (Å²) in [5.74, 6) is -1.50. The Hall–Kier alpha value is -3.14. The molecule has 3 rings (SSSR count). The van der Waals surface area contributed by atoms with E-state index in [9.17, 15) is 41.0 Å². The monoisotopic (exact) mass is 576 g/mol. The molecule has 0 fully saturated rings. The van der Waals surface area contributed by atoms with Crippen LogP contribution in [0.1, 0.15) is 55.6 Å². The number of nitrogens with one attached hydrogen (secondary N) is 2. The van der Waals surface area contributed by atoms with E-state index < -0.39 is 55.9 Å². The number of alkyl halides is 3. The average molecular weight is 577 g/mol. The highest BCUT2D eigenvalue weighted by molar-refractivity contribution is 7.92. The number of aliphatic hydroxyl groups is 2. The van der Waals surface area contributed by atoms with Crippen molar-refractivity contribution in [2.24, 2.45) is 0 Å². The van der Waals surface area contributed by atoms with Crippen molar-refractivity contribution in [1.29, 1.82) is 0 Å². The number of carbonyl (C=O) groups excluding carboxylic acids is 1. The second kappa shape index (κ2) is 10.6. The van der Waals surface area contributed by atoms with Gasteiger partial charge in [0, 0.05) is 11.6 Å². The molecule has 0 saturated carbocycles. The fourth-order valence-corrected chi connectivity index (χ4v) is 5.73. The van der Waals surface area contributed by atoms with E-state index >= 15 is 0 Å². The minimum atomic E-state index is -4.65. The van der Waals surface area contributed by atoms with Crippen LogP contribution in [-0.2, 0) is 28.4 Å². The Labute approximate surface area is 219 Å². The molecule has 2 aromatic heterocycles. The number of urea groups is 1. The molecule has 0 saturated heterocycles. The molecule has 4 N–H and O–H groups in total. The summed E-state index contributed by atoms with van der Waals surface area (Å²) in [6.45, 7) is 5.22. The summed E-state index contributed by atoms with van der Waals surface area (Å²) in [5.41, 5.74) is -3.42. The van der Waals surface area contributed by atoms with Gasteiger partial charge in [-0.2, -0.15) is 13.2 Å². The first-order chi connectivity index (χ1) is 17.4. The van der Waals surface area contributed by atoms with Crippen LogP contribution < -0.4 is 10.0 Å². The quantitative estimate of drug-likeness (QED) is 0.298. The minimum absolute atomic E-state index is 0.0131. The lowest BCUT2D eigenvalue weighted by Gasteiger charge is -2.16. The van der Waals surface area contributed by atoms with Gasteiger partial charge in [0.05, 0.1) is 29.2 Å². The van der Waals surface area contributed by atoms with Crippen LogP contribution in [0.3, 0.4) is 0 Å². The lowest BCUT2D eigenvalue weighted by Crippen LogP contribution is -2.35. The summed E-state index contributed by atoms with van der Waals surface area (Å²) in [5, 5.41) is 21.8. The molecule has 2 amide bonds. The van der Waals surface area contributed by atoms with Crippen LogP contribution in [0.5, 0.6) is 0 Å². The number of rotatable bonds is 7. The Morgan fingerprint density at radius 3 is 2.37 bits per heavy atom. The van der Waals surface area contributed by atoms with Crippen LogP contribution in [0.25, 0.3) is 11.3 Å². The average Bonchev–Trinajstić information content (AvgIpc) is 3.24. The van der Waals surface area contributed by atoms with E-state index in [0.717, 1.165) is 24.3 Å². The van der Waals surface area contributed by atoms with Gasteiger partial charge in [0.1, 0.15) is 16.3 Å². The summed E-state index contributed by atoms with van der Waals surface area (Å²) in [7, 11) is -4.57. The smallest absolute Gasteiger partial charge is 0.390 e. The van der Waals surface area contributed by atoms with Crippen molar-refractivity contribution >= 4 is 33.1 Å². The van der Waals surface area contributed by atoms with Crippen LogP contribution >= 0.6 is 11.3 Å². The summed E-state index contributed by atoms with van der Waals surface area (Å²) < 4.78 is 81.2. The number of pyridine rings is 1. The first-order valence-corrected chi connectivity index (χ1v) is 13.3. The predicted molar refractivity (Wildman–Crippen MR) is 131 cm³/mol. The highest BCUT2D eigenvalue weighted by Gasteiger charge is 2.32. The van der Waals surface area contributed by atoms with E-state index in [0.29, 0.717) is 11.3 Å². The van der Waals surface area contributed by atoms with Gasteiger partial charge in [-0.3, -0.25) is 0 Å². The molecule has 2 heterocycles. The third kappa shape index (κ3) is 6.46. The second-order valence-corrected chi connectivity index (χ2v) is 11.9. The highest BCUT2D eigenvalue weighted by atomic mass is 32.2.